The standard InChI is InChI=1S/C26H27NO/c1-4-10-22(11-5-1)23-16-18-27(19-17-23)20-21-28-26(24-12-6-2-7-13-24)25-14-8-3-9-15-25/h1-16,26H,17-21H2. The van der Waals surface area contributed by atoms with Crippen LogP contribution in [0.2, 0.25) is 0 Å². The lowest BCUT2D eigenvalue weighted by atomic mass is 10.00. The molecule has 0 bridgehead atoms. The van der Waals surface area contributed by atoms with Crippen molar-refractivity contribution in [2.75, 3.05) is 26.2 Å². The molecule has 0 fully saturated rings. The van der Waals surface area contributed by atoms with Crippen LogP contribution in [-0.2, 0) is 4.74 Å². The van der Waals surface area contributed by atoms with Crippen molar-refractivity contribution in [1.29, 1.82) is 0 Å². The van der Waals surface area contributed by atoms with E-state index in [-0.39, 0.29) is 6.10 Å². The largest absolute Gasteiger partial charge is 0.367 e. The average molecular weight is 370 g/mol. The molecule has 2 nitrogen and oxygen atoms in total. The van der Waals surface area contributed by atoms with Gasteiger partial charge in [0.2, 0.25) is 0 Å². The van der Waals surface area contributed by atoms with Crippen molar-refractivity contribution < 1.29 is 4.74 Å². The highest BCUT2D eigenvalue weighted by Crippen LogP contribution is 2.26. The molecule has 2 heteroatoms. The van der Waals surface area contributed by atoms with Gasteiger partial charge in [-0.15, -0.1) is 0 Å². The van der Waals surface area contributed by atoms with Crippen molar-refractivity contribution in [3.05, 3.63) is 114 Å². The Hall–Kier alpha value is -2.68. The number of nitrogens with zero attached hydrogens (tertiary/aromatic N) is 1. The van der Waals surface area contributed by atoms with Gasteiger partial charge in [0.25, 0.3) is 0 Å². The normalized spacial score (nSPS) is 14.8. The maximum atomic E-state index is 6.37. The fourth-order valence-corrected chi connectivity index (χ4v) is 3.77. The second-order valence-corrected chi connectivity index (χ2v) is 7.22. The van der Waals surface area contributed by atoms with Crippen LogP contribution in [0.4, 0.5) is 0 Å². The van der Waals surface area contributed by atoms with Gasteiger partial charge in [0, 0.05) is 19.6 Å². The Morgan fingerprint density at radius 3 is 1.86 bits per heavy atom. The van der Waals surface area contributed by atoms with E-state index in [1.54, 1.807) is 0 Å². The van der Waals surface area contributed by atoms with Crippen LogP contribution >= 0.6 is 0 Å². The van der Waals surface area contributed by atoms with Gasteiger partial charge in [-0.25, -0.2) is 0 Å². The van der Waals surface area contributed by atoms with Gasteiger partial charge in [0.05, 0.1) is 6.61 Å². The fraction of sp³-hybridized carbons (Fsp3) is 0.231. The van der Waals surface area contributed by atoms with Gasteiger partial charge >= 0.3 is 0 Å². The predicted octanol–water partition coefficient (Wildman–Crippen LogP) is 5.58. The molecule has 0 radical (unpaired) electrons. The first kappa shape index (κ1) is 18.7. The zero-order valence-corrected chi connectivity index (χ0v) is 16.2. The zero-order valence-electron chi connectivity index (χ0n) is 16.2. The van der Waals surface area contributed by atoms with Gasteiger partial charge in [-0.2, -0.15) is 0 Å². The van der Waals surface area contributed by atoms with Crippen LogP contribution < -0.4 is 0 Å². The fourth-order valence-electron chi connectivity index (χ4n) is 3.77. The highest BCUT2D eigenvalue weighted by atomic mass is 16.5. The van der Waals surface area contributed by atoms with Gasteiger partial charge in [-0.05, 0) is 28.7 Å². The number of hydrogen-bond donors (Lipinski definition) is 0. The first-order valence-corrected chi connectivity index (χ1v) is 10.1. The smallest absolute Gasteiger partial charge is 0.108 e. The Balaban J connectivity index is 1.35. The molecular weight excluding hydrogens is 342 g/mol. The van der Waals surface area contributed by atoms with Crippen molar-refractivity contribution in [2.45, 2.75) is 12.5 Å². The van der Waals surface area contributed by atoms with E-state index < -0.39 is 0 Å². The summed E-state index contributed by atoms with van der Waals surface area (Å²) in [6.07, 6.45) is 3.46. The molecule has 0 N–H and O–H groups in total. The van der Waals surface area contributed by atoms with E-state index in [2.05, 4.69) is 102 Å². The summed E-state index contributed by atoms with van der Waals surface area (Å²) < 4.78 is 6.37. The van der Waals surface area contributed by atoms with Crippen LogP contribution in [0.3, 0.4) is 0 Å². The Kier molecular flexibility index (Phi) is 6.33. The van der Waals surface area contributed by atoms with Crippen LogP contribution in [0.25, 0.3) is 5.57 Å². The summed E-state index contributed by atoms with van der Waals surface area (Å²) >= 11 is 0. The van der Waals surface area contributed by atoms with Crippen molar-refractivity contribution in [2.24, 2.45) is 0 Å². The minimum absolute atomic E-state index is 0.0115. The lowest BCUT2D eigenvalue weighted by molar-refractivity contribution is 0.0619. The molecule has 0 spiro atoms. The van der Waals surface area contributed by atoms with Crippen molar-refractivity contribution in [3.8, 4) is 0 Å². The molecular formula is C26H27NO. The molecule has 142 valence electrons. The van der Waals surface area contributed by atoms with Crippen molar-refractivity contribution >= 4 is 5.57 Å². The molecule has 0 saturated carbocycles. The maximum absolute atomic E-state index is 6.37. The van der Waals surface area contributed by atoms with Crippen LogP contribution in [0.5, 0.6) is 0 Å². The Morgan fingerprint density at radius 2 is 1.32 bits per heavy atom. The van der Waals surface area contributed by atoms with E-state index >= 15 is 0 Å². The number of ether oxygens (including phenoxy) is 1. The van der Waals surface area contributed by atoms with Gasteiger partial charge in [0.1, 0.15) is 6.10 Å². The highest BCUT2D eigenvalue weighted by molar-refractivity contribution is 5.66. The minimum Gasteiger partial charge on any atom is -0.367 e. The zero-order chi connectivity index (χ0) is 19.0. The van der Waals surface area contributed by atoms with Crippen LogP contribution in [-0.4, -0.2) is 31.1 Å². The second-order valence-electron chi connectivity index (χ2n) is 7.22. The van der Waals surface area contributed by atoms with Crippen LogP contribution in [0.15, 0.2) is 97.1 Å². The van der Waals surface area contributed by atoms with E-state index in [4.69, 9.17) is 4.74 Å². The first-order chi connectivity index (χ1) is 13.9. The summed E-state index contributed by atoms with van der Waals surface area (Å²) in [5, 5.41) is 0. The molecule has 1 aliphatic rings. The number of benzene rings is 3. The third-order valence-electron chi connectivity index (χ3n) is 5.33. The van der Waals surface area contributed by atoms with Crippen LogP contribution in [0.1, 0.15) is 29.2 Å². The summed E-state index contributed by atoms with van der Waals surface area (Å²) in [5.41, 5.74) is 5.23. The monoisotopic (exact) mass is 369 g/mol. The third-order valence-corrected chi connectivity index (χ3v) is 5.33. The molecule has 1 aliphatic heterocycles. The molecule has 3 aromatic rings. The average Bonchev–Trinajstić information content (AvgIpc) is 2.79. The van der Waals surface area contributed by atoms with E-state index in [1.807, 2.05) is 0 Å². The Labute approximate surface area is 168 Å². The molecule has 0 aliphatic carbocycles. The number of rotatable bonds is 7. The molecule has 3 aromatic carbocycles. The SMILES string of the molecule is C1=C(c2ccccc2)CCN(CCOC(c2ccccc2)c2ccccc2)C1. The minimum atomic E-state index is -0.0115. The summed E-state index contributed by atoms with van der Waals surface area (Å²) in [6.45, 7) is 3.76. The Morgan fingerprint density at radius 1 is 0.750 bits per heavy atom. The molecule has 0 amide bonds. The molecule has 0 saturated heterocycles. The Bertz CT molecular complexity index is 835. The van der Waals surface area contributed by atoms with E-state index in [9.17, 15) is 0 Å². The number of hydrogen-bond acceptors (Lipinski definition) is 2. The van der Waals surface area contributed by atoms with Gasteiger partial charge in [-0.1, -0.05) is 97.1 Å². The van der Waals surface area contributed by atoms with Crippen molar-refractivity contribution in [1.82, 2.24) is 4.90 Å². The third kappa shape index (κ3) is 4.78. The van der Waals surface area contributed by atoms with Gasteiger partial charge in [0.15, 0.2) is 0 Å². The topological polar surface area (TPSA) is 12.5 Å². The van der Waals surface area contributed by atoms with Gasteiger partial charge < -0.3 is 4.74 Å². The molecule has 0 aromatic heterocycles. The summed E-state index contributed by atoms with van der Waals surface area (Å²) in [4.78, 5) is 2.47. The summed E-state index contributed by atoms with van der Waals surface area (Å²) in [7, 11) is 0. The van der Waals surface area contributed by atoms with E-state index in [1.165, 1.54) is 22.3 Å². The lowest BCUT2D eigenvalue weighted by Gasteiger charge is -2.27. The van der Waals surface area contributed by atoms with Gasteiger partial charge in [-0.3, -0.25) is 4.90 Å². The quantitative estimate of drug-likeness (QED) is 0.539. The summed E-state index contributed by atoms with van der Waals surface area (Å²) in [5.74, 6) is 0. The lowest BCUT2D eigenvalue weighted by Crippen LogP contribution is -2.32. The maximum Gasteiger partial charge on any atom is 0.108 e. The predicted molar refractivity (Wildman–Crippen MR) is 116 cm³/mol. The molecule has 1 heterocycles. The highest BCUT2D eigenvalue weighted by Gasteiger charge is 2.16. The first-order valence-electron chi connectivity index (χ1n) is 10.1. The summed E-state index contributed by atoms with van der Waals surface area (Å²) in [6, 6.07) is 31.7. The van der Waals surface area contributed by atoms with Crippen molar-refractivity contribution in [3.63, 3.8) is 0 Å². The molecule has 4 rings (SSSR count). The molecule has 28 heavy (non-hydrogen) atoms. The molecule has 0 unspecified atom stereocenters. The van der Waals surface area contributed by atoms with Crippen LogP contribution in [0, 0.1) is 0 Å². The van der Waals surface area contributed by atoms with E-state index in [0.717, 1.165) is 32.7 Å². The molecule has 0 atom stereocenters. The second kappa shape index (κ2) is 9.50. The van der Waals surface area contributed by atoms with E-state index in [0.29, 0.717) is 0 Å².